The standard InChI is InChI=1S/C12H16N2O5/c13-8(12(19)14-4-3-11(17)18)5-7-1-2-9(15)10(16)6-7/h1-2,6,8,15-16H,3-5,13H2,(H,14,19)(H,17,18)/t8-/m0/s1. The van der Waals surface area contributed by atoms with E-state index in [1.807, 2.05) is 0 Å². The van der Waals surface area contributed by atoms with Gasteiger partial charge in [0.15, 0.2) is 11.5 Å². The van der Waals surface area contributed by atoms with Crippen LogP contribution >= 0.6 is 0 Å². The Labute approximate surface area is 109 Å². The Morgan fingerprint density at radius 3 is 2.53 bits per heavy atom. The van der Waals surface area contributed by atoms with Gasteiger partial charge in [0.1, 0.15) is 0 Å². The third-order valence-electron chi connectivity index (χ3n) is 2.47. The van der Waals surface area contributed by atoms with Gasteiger partial charge >= 0.3 is 5.97 Å². The zero-order valence-corrected chi connectivity index (χ0v) is 10.2. The SMILES string of the molecule is N[C@@H](Cc1ccc(O)c(O)c1)C(=O)NCCC(=O)O. The number of nitrogens with two attached hydrogens (primary N) is 1. The molecule has 7 nitrogen and oxygen atoms in total. The van der Waals surface area contributed by atoms with E-state index in [1.165, 1.54) is 12.1 Å². The highest BCUT2D eigenvalue weighted by Crippen LogP contribution is 2.25. The van der Waals surface area contributed by atoms with Crippen LogP contribution in [0.1, 0.15) is 12.0 Å². The maximum absolute atomic E-state index is 11.5. The van der Waals surface area contributed by atoms with Crippen LogP contribution in [0, 0.1) is 0 Å². The highest BCUT2D eigenvalue weighted by Gasteiger charge is 2.14. The first-order valence-electron chi connectivity index (χ1n) is 5.66. The molecule has 0 fully saturated rings. The van der Waals surface area contributed by atoms with Crippen LogP contribution in [-0.4, -0.2) is 39.8 Å². The molecule has 1 aromatic carbocycles. The second kappa shape index (κ2) is 6.60. The first-order chi connectivity index (χ1) is 8.90. The van der Waals surface area contributed by atoms with Crippen LogP contribution in [0.3, 0.4) is 0 Å². The minimum Gasteiger partial charge on any atom is -0.504 e. The minimum absolute atomic E-state index is 0.0166. The summed E-state index contributed by atoms with van der Waals surface area (Å²) in [6, 6.07) is 3.32. The lowest BCUT2D eigenvalue weighted by Crippen LogP contribution is -2.42. The maximum atomic E-state index is 11.5. The molecular weight excluding hydrogens is 252 g/mol. The summed E-state index contributed by atoms with van der Waals surface area (Å²) in [7, 11) is 0. The molecule has 0 spiro atoms. The predicted molar refractivity (Wildman–Crippen MR) is 66.7 cm³/mol. The Morgan fingerprint density at radius 2 is 1.95 bits per heavy atom. The van der Waals surface area contributed by atoms with Crippen LogP contribution in [0.15, 0.2) is 18.2 Å². The third-order valence-corrected chi connectivity index (χ3v) is 2.47. The Balaban J connectivity index is 2.49. The van der Waals surface area contributed by atoms with Crippen LogP contribution in [-0.2, 0) is 16.0 Å². The number of aromatic hydroxyl groups is 2. The van der Waals surface area contributed by atoms with Crippen molar-refractivity contribution in [1.82, 2.24) is 5.32 Å². The monoisotopic (exact) mass is 268 g/mol. The quantitative estimate of drug-likeness (QED) is 0.444. The summed E-state index contributed by atoms with van der Waals surface area (Å²) in [4.78, 5) is 21.8. The fourth-order valence-electron chi connectivity index (χ4n) is 1.47. The van der Waals surface area contributed by atoms with Crippen molar-refractivity contribution >= 4 is 11.9 Å². The lowest BCUT2D eigenvalue weighted by molar-refractivity contribution is -0.136. The number of carbonyl (C=O) groups is 2. The fraction of sp³-hybridized carbons (Fsp3) is 0.333. The molecule has 0 aliphatic rings. The van der Waals surface area contributed by atoms with E-state index in [0.29, 0.717) is 5.56 Å². The number of nitrogens with one attached hydrogen (secondary N) is 1. The van der Waals surface area contributed by atoms with Gasteiger partial charge in [0.2, 0.25) is 5.91 Å². The number of rotatable bonds is 6. The Hall–Kier alpha value is -2.28. The molecule has 1 amide bonds. The van der Waals surface area contributed by atoms with Gasteiger partial charge in [-0.2, -0.15) is 0 Å². The zero-order chi connectivity index (χ0) is 14.4. The largest absolute Gasteiger partial charge is 0.504 e. The smallest absolute Gasteiger partial charge is 0.305 e. The number of carboxylic acid groups (broad SMARTS) is 1. The number of amides is 1. The Bertz CT molecular complexity index is 475. The molecular formula is C12H16N2O5. The number of hydrogen-bond donors (Lipinski definition) is 5. The molecule has 19 heavy (non-hydrogen) atoms. The molecule has 6 N–H and O–H groups in total. The van der Waals surface area contributed by atoms with Gasteiger partial charge in [0, 0.05) is 6.54 Å². The van der Waals surface area contributed by atoms with Crippen molar-refractivity contribution in [2.75, 3.05) is 6.54 Å². The van der Waals surface area contributed by atoms with Crippen LogP contribution in [0.5, 0.6) is 11.5 Å². The van der Waals surface area contributed by atoms with Crippen LogP contribution in [0.2, 0.25) is 0 Å². The number of phenols is 2. The number of carbonyl (C=O) groups excluding carboxylic acids is 1. The van der Waals surface area contributed by atoms with Crippen molar-refractivity contribution < 1.29 is 24.9 Å². The Kier molecular flexibility index (Phi) is 5.13. The van der Waals surface area contributed by atoms with Gasteiger partial charge in [-0.25, -0.2) is 0 Å². The molecule has 0 aliphatic heterocycles. The van der Waals surface area contributed by atoms with Crippen LogP contribution < -0.4 is 11.1 Å². The van der Waals surface area contributed by atoms with Gasteiger partial charge in [-0.05, 0) is 24.1 Å². The van der Waals surface area contributed by atoms with Crippen molar-refractivity contribution in [3.63, 3.8) is 0 Å². The molecule has 0 unspecified atom stereocenters. The molecule has 0 saturated heterocycles. The minimum atomic E-state index is -1.00. The maximum Gasteiger partial charge on any atom is 0.305 e. The highest BCUT2D eigenvalue weighted by molar-refractivity contribution is 5.82. The third kappa shape index (κ3) is 4.84. The number of hydrogen-bond acceptors (Lipinski definition) is 5. The van der Waals surface area contributed by atoms with E-state index in [9.17, 15) is 14.7 Å². The molecule has 0 saturated carbocycles. The summed E-state index contributed by atoms with van der Waals surface area (Å²) in [5.41, 5.74) is 6.24. The summed E-state index contributed by atoms with van der Waals surface area (Å²) in [6.45, 7) is 0.0166. The second-order valence-electron chi connectivity index (χ2n) is 4.07. The lowest BCUT2D eigenvalue weighted by atomic mass is 10.1. The molecule has 7 heteroatoms. The molecule has 1 atom stereocenters. The molecule has 1 rings (SSSR count). The van der Waals surface area contributed by atoms with Crippen molar-refractivity contribution in [1.29, 1.82) is 0 Å². The van der Waals surface area contributed by atoms with Gasteiger partial charge in [0.25, 0.3) is 0 Å². The lowest BCUT2D eigenvalue weighted by Gasteiger charge is -2.12. The zero-order valence-electron chi connectivity index (χ0n) is 10.2. The highest BCUT2D eigenvalue weighted by atomic mass is 16.4. The molecule has 0 radical (unpaired) electrons. The summed E-state index contributed by atoms with van der Waals surface area (Å²) in [5, 5.41) is 29.3. The molecule has 0 bridgehead atoms. The van der Waals surface area contributed by atoms with E-state index in [2.05, 4.69) is 5.32 Å². The van der Waals surface area contributed by atoms with Gasteiger partial charge in [-0.15, -0.1) is 0 Å². The number of benzene rings is 1. The second-order valence-corrected chi connectivity index (χ2v) is 4.07. The molecule has 1 aromatic rings. The first kappa shape index (κ1) is 14.8. The van der Waals surface area contributed by atoms with Gasteiger partial charge in [0.05, 0.1) is 12.5 Å². The van der Waals surface area contributed by atoms with Crippen molar-refractivity contribution in [2.24, 2.45) is 5.73 Å². The van der Waals surface area contributed by atoms with E-state index >= 15 is 0 Å². The topological polar surface area (TPSA) is 133 Å². The number of phenolic OH excluding ortho intramolecular Hbond substituents is 2. The first-order valence-corrected chi connectivity index (χ1v) is 5.66. The molecule has 0 aromatic heterocycles. The van der Waals surface area contributed by atoms with E-state index in [0.717, 1.165) is 0 Å². The van der Waals surface area contributed by atoms with Crippen molar-refractivity contribution in [3.8, 4) is 11.5 Å². The molecule has 0 heterocycles. The predicted octanol–water partition coefficient (Wildman–Crippen LogP) is -0.442. The summed E-state index contributed by atoms with van der Waals surface area (Å²) >= 11 is 0. The van der Waals surface area contributed by atoms with Crippen molar-refractivity contribution in [2.45, 2.75) is 18.9 Å². The average molecular weight is 268 g/mol. The Morgan fingerprint density at radius 1 is 1.26 bits per heavy atom. The summed E-state index contributed by atoms with van der Waals surface area (Å²) in [5.74, 6) is -2.00. The number of aliphatic carboxylic acids is 1. The van der Waals surface area contributed by atoms with E-state index in [1.54, 1.807) is 6.07 Å². The summed E-state index contributed by atoms with van der Waals surface area (Å²) < 4.78 is 0. The van der Waals surface area contributed by atoms with Crippen molar-refractivity contribution in [3.05, 3.63) is 23.8 Å². The van der Waals surface area contributed by atoms with Crippen LogP contribution in [0.25, 0.3) is 0 Å². The normalized spacial score (nSPS) is 11.8. The van der Waals surface area contributed by atoms with E-state index in [-0.39, 0.29) is 30.9 Å². The average Bonchev–Trinajstić information content (AvgIpc) is 2.33. The molecule has 0 aliphatic carbocycles. The fourth-order valence-corrected chi connectivity index (χ4v) is 1.47. The van der Waals surface area contributed by atoms with E-state index < -0.39 is 17.9 Å². The molecule has 104 valence electrons. The van der Waals surface area contributed by atoms with Gasteiger partial charge in [-0.1, -0.05) is 6.07 Å². The van der Waals surface area contributed by atoms with E-state index in [4.69, 9.17) is 15.9 Å². The van der Waals surface area contributed by atoms with Gasteiger partial charge in [-0.3, -0.25) is 9.59 Å². The number of carboxylic acids is 1. The van der Waals surface area contributed by atoms with Gasteiger partial charge < -0.3 is 26.4 Å². The summed E-state index contributed by atoms with van der Waals surface area (Å²) in [6.07, 6.45) is 0.00516. The van der Waals surface area contributed by atoms with Crippen LogP contribution in [0.4, 0.5) is 0 Å².